The fraction of sp³-hybridized carbons (Fsp3) is 0.500. The normalized spacial score (nSPS) is 10.3. The molecule has 0 rings (SSSR count). The van der Waals surface area contributed by atoms with Crippen molar-refractivity contribution in [3.63, 3.8) is 0 Å². The number of carbonyl (C=O) groups is 2. The standard InChI is InChI=1S/C4H6O5.Fe.H3N/c5-2(4(8)9)1-3(6)7;;/h2,5H,1H2,(H,6,7)(H,8,9);;1H3/q;+1;/p-1. The summed E-state index contributed by atoms with van der Waals surface area (Å²) in [5.41, 5.74) is 0. The summed E-state index contributed by atoms with van der Waals surface area (Å²) in [6.07, 6.45) is -2.89. The molecular weight excluding hydrogens is 198 g/mol. The van der Waals surface area contributed by atoms with E-state index < -0.39 is 24.5 Å². The number of hydrogen-bond donors (Lipinski definition) is 2. The molecule has 0 aliphatic heterocycles. The number of carboxylic acids is 2. The van der Waals surface area contributed by atoms with E-state index in [1.165, 1.54) is 0 Å². The minimum absolute atomic E-state index is 0. The first-order chi connectivity index (χ1) is 4.04. The Morgan fingerprint density at radius 2 is 1.73 bits per heavy atom. The summed E-state index contributed by atoms with van der Waals surface area (Å²) < 4.78 is 0. The van der Waals surface area contributed by atoms with E-state index in [1.54, 1.807) is 0 Å². The van der Waals surface area contributed by atoms with Crippen molar-refractivity contribution in [2.75, 3.05) is 0 Å². The van der Waals surface area contributed by atoms with Gasteiger partial charge >= 0.3 is 17.1 Å². The molecule has 67 valence electrons. The van der Waals surface area contributed by atoms with Crippen LogP contribution in [0.15, 0.2) is 0 Å². The predicted octanol–water partition coefficient (Wildman–Crippen LogP) is -3.39. The fourth-order valence-electron chi connectivity index (χ4n) is 0.241. The van der Waals surface area contributed by atoms with Crippen molar-refractivity contribution < 1.29 is 42.0 Å². The Balaban J connectivity index is -0.000000320. The molecule has 0 saturated heterocycles. The average Bonchev–Trinajstić information content (AvgIpc) is 1.63. The molecule has 11 heavy (non-hydrogen) atoms. The molecular formula is C4H8FeNO5. The van der Waals surface area contributed by atoms with Crippen molar-refractivity contribution >= 4 is 11.9 Å². The molecule has 0 aliphatic carbocycles. The number of carbonyl (C=O) groups excluding carboxylic acids is 2. The number of rotatable bonds is 3. The van der Waals surface area contributed by atoms with Gasteiger partial charge in [0, 0.05) is 12.4 Å². The van der Waals surface area contributed by atoms with Gasteiger partial charge in [0.25, 0.3) is 0 Å². The van der Waals surface area contributed by atoms with Crippen LogP contribution in [0.3, 0.4) is 0 Å². The van der Waals surface area contributed by atoms with Gasteiger partial charge in [-0.15, -0.1) is 0 Å². The van der Waals surface area contributed by atoms with Crippen LogP contribution in [0.1, 0.15) is 6.42 Å². The Labute approximate surface area is 73.3 Å². The van der Waals surface area contributed by atoms with Gasteiger partial charge in [0.15, 0.2) is 0 Å². The number of quaternary nitrogens is 1. The third-order valence-electron chi connectivity index (χ3n) is 0.632. The van der Waals surface area contributed by atoms with Crippen LogP contribution in [0, 0.1) is 0 Å². The Kier molecular flexibility index (Phi) is 11.4. The van der Waals surface area contributed by atoms with Crippen LogP contribution in [0.25, 0.3) is 0 Å². The Hall–Kier alpha value is -0.621. The molecule has 1 radical (unpaired) electrons. The van der Waals surface area contributed by atoms with Gasteiger partial charge in [0.2, 0.25) is 0 Å². The van der Waals surface area contributed by atoms with E-state index in [9.17, 15) is 19.8 Å². The van der Waals surface area contributed by atoms with Crippen molar-refractivity contribution in [1.29, 1.82) is 0 Å². The van der Waals surface area contributed by atoms with Gasteiger partial charge in [0.05, 0.1) is 12.1 Å². The smallest absolute Gasteiger partial charge is 0.550 e. The first-order valence-electron chi connectivity index (χ1n) is 2.13. The zero-order valence-corrected chi connectivity index (χ0v) is 6.82. The summed E-state index contributed by atoms with van der Waals surface area (Å²) in [7, 11) is 0. The molecule has 6 nitrogen and oxygen atoms in total. The van der Waals surface area contributed by atoms with E-state index in [2.05, 4.69) is 0 Å². The van der Waals surface area contributed by atoms with Crippen LogP contribution in [-0.2, 0) is 26.7 Å². The first kappa shape index (κ1) is 16.8. The minimum atomic E-state index is -1.96. The van der Waals surface area contributed by atoms with Gasteiger partial charge < -0.3 is 31.1 Å². The van der Waals surface area contributed by atoms with Gasteiger partial charge in [0.1, 0.15) is 0 Å². The van der Waals surface area contributed by atoms with E-state index in [0.717, 1.165) is 0 Å². The molecule has 0 aromatic heterocycles. The molecule has 5 N–H and O–H groups in total. The molecule has 7 heteroatoms. The summed E-state index contributed by atoms with van der Waals surface area (Å²) in [6.45, 7) is 0. The van der Waals surface area contributed by atoms with Gasteiger partial charge in [-0.1, -0.05) is 0 Å². The van der Waals surface area contributed by atoms with Crippen molar-refractivity contribution in [1.82, 2.24) is 6.15 Å². The number of aliphatic carboxylic acids is 2. The quantitative estimate of drug-likeness (QED) is 0.463. The van der Waals surface area contributed by atoms with E-state index in [1.807, 2.05) is 0 Å². The molecule has 0 aliphatic rings. The monoisotopic (exact) mass is 206 g/mol. The first-order valence-corrected chi connectivity index (χ1v) is 2.13. The van der Waals surface area contributed by atoms with Crippen LogP contribution in [0.4, 0.5) is 0 Å². The molecule has 0 amide bonds. The number of aliphatic hydroxyl groups excluding tert-OH is 1. The van der Waals surface area contributed by atoms with Crippen LogP contribution in [-0.4, -0.2) is 23.1 Å². The minimum Gasteiger partial charge on any atom is -0.550 e. The molecule has 1 atom stereocenters. The van der Waals surface area contributed by atoms with E-state index in [4.69, 9.17) is 5.11 Å². The van der Waals surface area contributed by atoms with Gasteiger partial charge in [-0.05, 0) is 0 Å². The van der Waals surface area contributed by atoms with Gasteiger partial charge in [-0.3, -0.25) is 0 Å². The van der Waals surface area contributed by atoms with Crippen molar-refractivity contribution in [2.45, 2.75) is 12.5 Å². The zero-order chi connectivity index (χ0) is 7.44. The third-order valence-corrected chi connectivity index (χ3v) is 0.632. The summed E-state index contributed by atoms with van der Waals surface area (Å²) in [6, 6.07) is 0. The fourth-order valence-corrected chi connectivity index (χ4v) is 0.241. The molecule has 0 aromatic carbocycles. The van der Waals surface area contributed by atoms with Crippen molar-refractivity contribution in [2.24, 2.45) is 0 Å². The SMILES string of the molecule is O=C([O-])CC(O)C(=O)[O-].[Fe+].[NH4+]. The summed E-state index contributed by atoms with van der Waals surface area (Å²) in [5.74, 6) is -3.43. The molecule has 0 aromatic rings. The summed E-state index contributed by atoms with van der Waals surface area (Å²) in [5, 5.41) is 27.3. The van der Waals surface area contributed by atoms with Gasteiger partial charge in [-0.25, -0.2) is 0 Å². The second-order valence-electron chi connectivity index (χ2n) is 1.41. The van der Waals surface area contributed by atoms with Gasteiger partial charge in [-0.2, -0.15) is 0 Å². The Morgan fingerprint density at radius 3 is 1.82 bits per heavy atom. The van der Waals surface area contributed by atoms with Crippen molar-refractivity contribution in [3.05, 3.63) is 0 Å². The Morgan fingerprint density at radius 1 is 1.36 bits per heavy atom. The summed E-state index contributed by atoms with van der Waals surface area (Å²) >= 11 is 0. The maximum atomic E-state index is 9.58. The second-order valence-corrected chi connectivity index (χ2v) is 1.41. The molecule has 0 fully saturated rings. The molecule has 0 bridgehead atoms. The largest absolute Gasteiger partial charge is 1.00 e. The number of hydrogen-bond acceptors (Lipinski definition) is 5. The van der Waals surface area contributed by atoms with Crippen LogP contribution >= 0.6 is 0 Å². The maximum absolute atomic E-state index is 9.58. The van der Waals surface area contributed by atoms with E-state index in [0.29, 0.717) is 0 Å². The molecule has 0 saturated carbocycles. The van der Waals surface area contributed by atoms with Crippen LogP contribution < -0.4 is 16.4 Å². The zero-order valence-electron chi connectivity index (χ0n) is 5.72. The van der Waals surface area contributed by atoms with Crippen molar-refractivity contribution in [3.8, 4) is 0 Å². The topological polar surface area (TPSA) is 137 Å². The third kappa shape index (κ3) is 9.38. The number of carboxylic acid groups (broad SMARTS) is 2. The van der Waals surface area contributed by atoms with Crippen LogP contribution in [0.5, 0.6) is 0 Å². The molecule has 1 unspecified atom stereocenters. The van der Waals surface area contributed by atoms with Crippen LogP contribution in [0.2, 0.25) is 0 Å². The summed E-state index contributed by atoms with van der Waals surface area (Å²) in [4.78, 5) is 19.1. The van der Waals surface area contributed by atoms with E-state index >= 15 is 0 Å². The predicted molar refractivity (Wildman–Crippen MR) is 26.6 cm³/mol. The maximum Gasteiger partial charge on any atom is 1.00 e. The number of aliphatic hydroxyl groups is 1. The second kappa shape index (κ2) is 7.49. The van der Waals surface area contributed by atoms with E-state index in [-0.39, 0.29) is 23.2 Å². The Bertz CT molecular complexity index is 138. The molecule has 0 spiro atoms. The molecule has 0 heterocycles. The average molecular weight is 206 g/mol.